The van der Waals surface area contributed by atoms with E-state index < -0.39 is 0 Å². The first-order valence-corrected chi connectivity index (χ1v) is 6.16. The van der Waals surface area contributed by atoms with E-state index in [9.17, 15) is 0 Å². The fourth-order valence-corrected chi connectivity index (χ4v) is 2.45. The number of fused-ring (bicyclic) bond motifs is 1. The molecule has 4 heteroatoms. The molecule has 0 unspecified atom stereocenters. The fraction of sp³-hybridized carbons (Fsp3) is 0.200. The summed E-state index contributed by atoms with van der Waals surface area (Å²) in [6.45, 7) is 2.75. The Balaban J connectivity index is 2.07. The number of aromatic nitrogens is 3. The van der Waals surface area contributed by atoms with Crippen molar-refractivity contribution in [2.24, 2.45) is 7.05 Å². The van der Waals surface area contributed by atoms with E-state index >= 15 is 0 Å². The van der Waals surface area contributed by atoms with Crippen molar-refractivity contribution in [1.82, 2.24) is 14.3 Å². The minimum Gasteiger partial charge on any atom is -0.341 e. The van der Waals surface area contributed by atoms with Gasteiger partial charge in [0, 0.05) is 24.1 Å². The van der Waals surface area contributed by atoms with Gasteiger partial charge >= 0.3 is 0 Å². The molecule has 2 aromatic heterocycles. The first kappa shape index (κ1) is 11.5. The molecule has 2 heterocycles. The zero-order chi connectivity index (χ0) is 13.4. The van der Waals surface area contributed by atoms with E-state index in [2.05, 4.69) is 21.8 Å². The molecular formula is C15H14N4. The van der Waals surface area contributed by atoms with Gasteiger partial charge in [0.05, 0.1) is 29.6 Å². The predicted octanol–water partition coefficient (Wildman–Crippen LogP) is 2.60. The van der Waals surface area contributed by atoms with Crippen LogP contribution in [0, 0.1) is 18.3 Å². The highest BCUT2D eigenvalue weighted by molar-refractivity contribution is 5.86. The third-order valence-corrected chi connectivity index (χ3v) is 3.37. The van der Waals surface area contributed by atoms with Crippen molar-refractivity contribution in [3.8, 4) is 6.07 Å². The Bertz CT molecular complexity index is 786. The van der Waals surface area contributed by atoms with Gasteiger partial charge in [-0.05, 0) is 31.2 Å². The molecule has 3 aromatic rings. The zero-order valence-corrected chi connectivity index (χ0v) is 11.0. The lowest BCUT2D eigenvalue weighted by atomic mass is 10.1. The molecule has 19 heavy (non-hydrogen) atoms. The second kappa shape index (κ2) is 4.29. The van der Waals surface area contributed by atoms with Crippen LogP contribution < -0.4 is 0 Å². The molecule has 94 valence electrons. The highest BCUT2D eigenvalue weighted by Crippen LogP contribution is 2.20. The number of hydrogen-bond acceptors (Lipinski definition) is 2. The van der Waals surface area contributed by atoms with Crippen LogP contribution in [0.15, 0.2) is 36.5 Å². The standard InChI is InChI=1S/C15H14N4/c1-11-8-13(18(2)17-11)10-19-7-6-14-12(9-16)4-3-5-15(14)19/h3-8H,10H2,1-2H3. The van der Waals surface area contributed by atoms with Crippen molar-refractivity contribution in [3.05, 3.63) is 53.5 Å². The lowest BCUT2D eigenvalue weighted by Crippen LogP contribution is -2.04. The summed E-state index contributed by atoms with van der Waals surface area (Å²) in [5.41, 5.74) is 3.97. The topological polar surface area (TPSA) is 46.5 Å². The normalized spacial score (nSPS) is 10.8. The highest BCUT2D eigenvalue weighted by atomic mass is 15.3. The maximum absolute atomic E-state index is 9.11. The van der Waals surface area contributed by atoms with Crippen LogP contribution in [0.2, 0.25) is 0 Å². The van der Waals surface area contributed by atoms with Gasteiger partial charge in [-0.25, -0.2) is 0 Å². The number of nitrogens with zero attached hydrogens (tertiary/aromatic N) is 4. The predicted molar refractivity (Wildman–Crippen MR) is 73.7 cm³/mol. The van der Waals surface area contributed by atoms with Crippen molar-refractivity contribution in [2.75, 3.05) is 0 Å². The molecule has 0 aliphatic carbocycles. The van der Waals surface area contributed by atoms with E-state index in [0.29, 0.717) is 0 Å². The third-order valence-electron chi connectivity index (χ3n) is 3.37. The molecule has 0 saturated carbocycles. The summed E-state index contributed by atoms with van der Waals surface area (Å²) in [4.78, 5) is 0. The van der Waals surface area contributed by atoms with Gasteiger partial charge in [0.2, 0.25) is 0 Å². The quantitative estimate of drug-likeness (QED) is 0.701. The smallest absolute Gasteiger partial charge is 0.0998 e. The lowest BCUT2D eigenvalue weighted by Gasteiger charge is -2.06. The number of hydrogen-bond donors (Lipinski definition) is 0. The molecule has 0 fully saturated rings. The Morgan fingerprint density at radius 1 is 1.32 bits per heavy atom. The Labute approximate surface area is 111 Å². The van der Waals surface area contributed by atoms with E-state index in [-0.39, 0.29) is 0 Å². The summed E-state index contributed by atoms with van der Waals surface area (Å²) in [6.07, 6.45) is 2.02. The van der Waals surface area contributed by atoms with Crippen LogP contribution in [-0.2, 0) is 13.6 Å². The Morgan fingerprint density at radius 3 is 2.84 bits per heavy atom. The molecule has 4 nitrogen and oxygen atoms in total. The summed E-state index contributed by atoms with van der Waals surface area (Å²) >= 11 is 0. The molecule has 0 amide bonds. The summed E-state index contributed by atoms with van der Waals surface area (Å²) < 4.78 is 4.04. The average molecular weight is 250 g/mol. The van der Waals surface area contributed by atoms with Gasteiger partial charge in [-0.1, -0.05) is 6.07 Å². The first-order valence-electron chi connectivity index (χ1n) is 6.16. The SMILES string of the molecule is Cc1cc(Cn2ccc3c(C#N)cccc32)n(C)n1. The van der Waals surface area contributed by atoms with Gasteiger partial charge in [0.15, 0.2) is 0 Å². The maximum atomic E-state index is 9.11. The van der Waals surface area contributed by atoms with Crippen LogP contribution in [0.5, 0.6) is 0 Å². The molecular weight excluding hydrogens is 236 g/mol. The zero-order valence-electron chi connectivity index (χ0n) is 11.0. The maximum Gasteiger partial charge on any atom is 0.0998 e. The number of rotatable bonds is 2. The summed E-state index contributed by atoms with van der Waals surface area (Å²) in [5.74, 6) is 0. The fourth-order valence-electron chi connectivity index (χ4n) is 2.45. The molecule has 0 aliphatic heterocycles. The van der Waals surface area contributed by atoms with Crippen LogP contribution >= 0.6 is 0 Å². The second-order valence-corrected chi connectivity index (χ2v) is 4.69. The molecule has 0 N–H and O–H groups in total. The van der Waals surface area contributed by atoms with E-state index in [1.165, 1.54) is 0 Å². The van der Waals surface area contributed by atoms with E-state index in [4.69, 9.17) is 5.26 Å². The molecule has 0 aliphatic rings. The van der Waals surface area contributed by atoms with Gasteiger partial charge in [0.25, 0.3) is 0 Å². The summed E-state index contributed by atoms with van der Waals surface area (Å²) in [5, 5.41) is 14.5. The number of benzene rings is 1. The van der Waals surface area contributed by atoms with Crippen LogP contribution in [0.3, 0.4) is 0 Å². The van der Waals surface area contributed by atoms with Gasteiger partial charge in [-0.2, -0.15) is 10.4 Å². The molecule has 0 bridgehead atoms. The Hall–Kier alpha value is -2.54. The lowest BCUT2D eigenvalue weighted by molar-refractivity contribution is 0.673. The summed E-state index contributed by atoms with van der Waals surface area (Å²) in [7, 11) is 1.95. The monoisotopic (exact) mass is 250 g/mol. The van der Waals surface area contributed by atoms with E-state index in [1.54, 1.807) is 0 Å². The third kappa shape index (κ3) is 1.89. The van der Waals surface area contributed by atoms with Gasteiger partial charge in [-0.15, -0.1) is 0 Å². The highest BCUT2D eigenvalue weighted by Gasteiger charge is 2.08. The molecule has 0 saturated heterocycles. The molecule has 0 atom stereocenters. The van der Waals surface area contributed by atoms with Crippen molar-refractivity contribution >= 4 is 10.9 Å². The average Bonchev–Trinajstić information content (AvgIpc) is 2.94. The van der Waals surface area contributed by atoms with Crippen LogP contribution in [0.4, 0.5) is 0 Å². The van der Waals surface area contributed by atoms with Crippen molar-refractivity contribution in [2.45, 2.75) is 13.5 Å². The molecule has 0 radical (unpaired) electrons. The summed E-state index contributed by atoms with van der Waals surface area (Å²) in [6, 6.07) is 12.1. The number of aryl methyl sites for hydroxylation is 2. The van der Waals surface area contributed by atoms with Crippen molar-refractivity contribution < 1.29 is 0 Å². The molecule has 1 aromatic carbocycles. The van der Waals surface area contributed by atoms with Gasteiger partial charge < -0.3 is 4.57 Å². The van der Waals surface area contributed by atoms with Gasteiger partial charge in [-0.3, -0.25) is 4.68 Å². The molecule has 3 rings (SSSR count). The number of nitriles is 1. The molecule has 0 spiro atoms. The van der Waals surface area contributed by atoms with Crippen LogP contribution in [0.25, 0.3) is 10.9 Å². The first-order chi connectivity index (χ1) is 9.19. The van der Waals surface area contributed by atoms with Crippen molar-refractivity contribution in [3.63, 3.8) is 0 Å². The Kier molecular flexibility index (Phi) is 2.60. The minimum absolute atomic E-state index is 0.720. The van der Waals surface area contributed by atoms with Gasteiger partial charge in [0.1, 0.15) is 0 Å². The van der Waals surface area contributed by atoms with Crippen LogP contribution in [-0.4, -0.2) is 14.3 Å². The van der Waals surface area contributed by atoms with E-state index in [1.807, 2.05) is 49.1 Å². The van der Waals surface area contributed by atoms with Crippen molar-refractivity contribution in [1.29, 1.82) is 5.26 Å². The van der Waals surface area contributed by atoms with Crippen LogP contribution in [0.1, 0.15) is 17.0 Å². The second-order valence-electron chi connectivity index (χ2n) is 4.69. The van der Waals surface area contributed by atoms with E-state index in [0.717, 1.165) is 34.4 Å². The largest absolute Gasteiger partial charge is 0.341 e. The minimum atomic E-state index is 0.720. The Morgan fingerprint density at radius 2 is 2.16 bits per heavy atom.